The molecule has 1 saturated heterocycles. The van der Waals surface area contributed by atoms with Crippen LogP contribution in [0.15, 0.2) is 24.3 Å². The van der Waals surface area contributed by atoms with E-state index in [-0.39, 0.29) is 18.4 Å². The fourth-order valence-corrected chi connectivity index (χ4v) is 3.05. The van der Waals surface area contributed by atoms with Crippen molar-refractivity contribution in [3.63, 3.8) is 0 Å². The Morgan fingerprint density at radius 1 is 1.27 bits per heavy atom. The zero-order valence-corrected chi connectivity index (χ0v) is 13.1. The highest BCUT2D eigenvalue weighted by molar-refractivity contribution is 5.37. The fourth-order valence-electron chi connectivity index (χ4n) is 3.05. The topological polar surface area (TPSA) is 44.7 Å². The van der Waals surface area contributed by atoms with Gasteiger partial charge in [-0.3, -0.25) is 4.90 Å². The Morgan fingerprint density at radius 2 is 1.91 bits per heavy atom. The van der Waals surface area contributed by atoms with E-state index >= 15 is 0 Å². The summed E-state index contributed by atoms with van der Waals surface area (Å²) >= 11 is 0. The standard InChI is InChI=1S/C16H24F2N2O2/c1-16(2,11-21)14(20-9-7-19-8-10-20)12-5-3-4-6-13(12)22-15(17)18/h3-6,14-15,19,21H,7-11H2,1-2H3/t14-/m1/s1. The van der Waals surface area contributed by atoms with E-state index in [1.165, 1.54) is 0 Å². The molecule has 1 atom stereocenters. The second-order valence-electron chi connectivity index (χ2n) is 6.25. The Kier molecular flexibility index (Phi) is 5.72. The Labute approximate surface area is 130 Å². The number of aliphatic hydroxyl groups is 1. The van der Waals surface area contributed by atoms with Crippen LogP contribution in [0.2, 0.25) is 0 Å². The van der Waals surface area contributed by atoms with Crippen molar-refractivity contribution >= 4 is 0 Å². The van der Waals surface area contributed by atoms with Crippen LogP contribution in [0.5, 0.6) is 5.75 Å². The first-order chi connectivity index (χ1) is 10.5. The maximum Gasteiger partial charge on any atom is 0.387 e. The van der Waals surface area contributed by atoms with Crippen molar-refractivity contribution in [2.45, 2.75) is 26.5 Å². The average Bonchev–Trinajstić information content (AvgIpc) is 2.49. The van der Waals surface area contributed by atoms with Crippen LogP contribution in [0.25, 0.3) is 0 Å². The van der Waals surface area contributed by atoms with Crippen molar-refractivity contribution in [3.05, 3.63) is 29.8 Å². The molecule has 0 unspecified atom stereocenters. The predicted molar refractivity (Wildman–Crippen MR) is 81.1 cm³/mol. The SMILES string of the molecule is CC(C)(CO)[C@@H](c1ccccc1OC(F)F)N1CCNCC1. The van der Waals surface area contributed by atoms with Gasteiger partial charge < -0.3 is 15.2 Å². The predicted octanol–water partition coefficient (Wildman–Crippen LogP) is 2.25. The molecule has 0 saturated carbocycles. The number of para-hydroxylation sites is 1. The Balaban J connectivity index is 2.40. The first-order valence-corrected chi connectivity index (χ1v) is 7.55. The third-order valence-electron chi connectivity index (χ3n) is 4.09. The number of nitrogens with zero attached hydrogens (tertiary/aromatic N) is 1. The van der Waals surface area contributed by atoms with Gasteiger partial charge in [0.25, 0.3) is 0 Å². The summed E-state index contributed by atoms with van der Waals surface area (Å²) < 4.78 is 30.1. The minimum absolute atomic E-state index is 0.0371. The molecule has 6 heteroatoms. The molecule has 1 aliphatic rings. The fraction of sp³-hybridized carbons (Fsp3) is 0.625. The average molecular weight is 314 g/mol. The van der Waals surface area contributed by atoms with Crippen LogP contribution >= 0.6 is 0 Å². The summed E-state index contributed by atoms with van der Waals surface area (Å²) in [6.45, 7) is 4.28. The molecule has 0 radical (unpaired) electrons. The summed E-state index contributed by atoms with van der Waals surface area (Å²) in [6, 6.07) is 6.68. The van der Waals surface area contributed by atoms with Crippen molar-refractivity contribution in [2.24, 2.45) is 5.41 Å². The second kappa shape index (κ2) is 7.35. The quantitative estimate of drug-likeness (QED) is 0.845. The Morgan fingerprint density at radius 3 is 2.50 bits per heavy atom. The van der Waals surface area contributed by atoms with Gasteiger partial charge in [-0.2, -0.15) is 8.78 Å². The molecule has 0 aliphatic carbocycles. The monoisotopic (exact) mass is 314 g/mol. The lowest BCUT2D eigenvalue weighted by Crippen LogP contribution is -2.49. The molecule has 0 amide bonds. The van der Waals surface area contributed by atoms with Crippen LogP contribution in [0.4, 0.5) is 8.78 Å². The molecule has 4 nitrogen and oxygen atoms in total. The van der Waals surface area contributed by atoms with Gasteiger partial charge in [0.05, 0.1) is 0 Å². The van der Waals surface area contributed by atoms with Crippen LogP contribution in [0.1, 0.15) is 25.5 Å². The van der Waals surface area contributed by atoms with Crippen molar-refractivity contribution in [1.82, 2.24) is 10.2 Å². The lowest BCUT2D eigenvalue weighted by Gasteiger charge is -2.43. The minimum Gasteiger partial charge on any atom is -0.434 e. The summed E-state index contributed by atoms with van der Waals surface area (Å²) in [5, 5.41) is 13.1. The minimum atomic E-state index is -2.86. The van der Waals surface area contributed by atoms with E-state index in [1.807, 2.05) is 26.0 Å². The molecular formula is C16H24F2N2O2. The highest BCUT2D eigenvalue weighted by atomic mass is 19.3. The number of piperazine rings is 1. The molecule has 0 spiro atoms. The third kappa shape index (κ3) is 3.94. The Hall–Kier alpha value is -1.24. The van der Waals surface area contributed by atoms with Gasteiger partial charge in [-0.15, -0.1) is 0 Å². The van der Waals surface area contributed by atoms with Gasteiger partial charge in [0.15, 0.2) is 0 Å². The first-order valence-electron chi connectivity index (χ1n) is 7.55. The third-order valence-corrected chi connectivity index (χ3v) is 4.09. The maximum atomic E-state index is 12.7. The molecule has 22 heavy (non-hydrogen) atoms. The highest BCUT2D eigenvalue weighted by Crippen LogP contribution is 2.42. The number of nitrogens with one attached hydrogen (secondary N) is 1. The summed E-state index contributed by atoms with van der Waals surface area (Å²) in [5.74, 6) is 0.183. The molecular weight excluding hydrogens is 290 g/mol. The van der Waals surface area contributed by atoms with Crippen molar-refractivity contribution < 1.29 is 18.6 Å². The van der Waals surface area contributed by atoms with Gasteiger partial charge in [0.1, 0.15) is 5.75 Å². The van der Waals surface area contributed by atoms with E-state index < -0.39 is 12.0 Å². The lowest BCUT2D eigenvalue weighted by molar-refractivity contribution is -0.0530. The van der Waals surface area contributed by atoms with Crippen LogP contribution in [-0.4, -0.2) is 49.4 Å². The van der Waals surface area contributed by atoms with Crippen molar-refractivity contribution in [1.29, 1.82) is 0 Å². The van der Waals surface area contributed by atoms with Gasteiger partial charge in [-0.1, -0.05) is 32.0 Å². The molecule has 1 fully saturated rings. The number of hydrogen-bond donors (Lipinski definition) is 2. The summed E-state index contributed by atoms with van der Waals surface area (Å²) in [6.07, 6.45) is 0. The summed E-state index contributed by atoms with van der Waals surface area (Å²) in [5.41, 5.74) is 0.225. The van der Waals surface area contributed by atoms with Crippen molar-refractivity contribution in [3.8, 4) is 5.75 Å². The first kappa shape index (κ1) is 17.1. The zero-order chi connectivity index (χ0) is 16.2. The zero-order valence-electron chi connectivity index (χ0n) is 13.1. The number of ether oxygens (including phenoxy) is 1. The van der Waals surface area contributed by atoms with E-state index in [9.17, 15) is 13.9 Å². The van der Waals surface area contributed by atoms with Gasteiger partial charge >= 0.3 is 6.61 Å². The summed E-state index contributed by atoms with van der Waals surface area (Å²) in [4.78, 5) is 2.22. The van der Waals surface area contributed by atoms with Gasteiger partial charge in [0, 0.05) is 49.8 Å². The molecule has 1 aromatic rings. The van der Waals surface area contributed by atoms with E-state index in [0.717, 1.165) is 26.2 Å². The lowest BCUT2D eigenvalue weighted by atomic mass is 9.79. The maximum absolute atomic E-state index is 12.7. The molecule has 1 heterocycles. The molecule has 124 valence electrons. The number of aliphatic hydroxyl groups excluding tert-OH is 1. The van der Waals surface area contributed by atoms with Crippen LogP contribution in [0.3, 0.4) is 0 Å². The summed E-state index contributed by atoms with van der Waals surface area (Å²) in [7, 11) is 0. The molecule has 1 aromatic carbocycles. The molecule has 1 aliphatic heterocycles. The number of alkyl halides is 2. The molecule has 2 N–H and O–H groups in total. The van der Waals surface area contributed by atoms with E-state index in [0.29, 0.717) is 5.56 Å². The number of rotatable bonds is 6. The van der Waals surface area contributed by atoms with Crippen LogP contribution in [-0.2, 0) is 0 Å². The van der Waals surface area contributed by atoms with Gasteiger partial charge in [-0.05, 0) is 6.07 Å². The largest absolute Gasteiger partial charge is 0.434 e. The van der Waals surface area contributed by atoms with Gasteiger partial charge in [0.2, 0.25) is 0 Å². The smallest absolute Gasteiger partial charge is 0.387 e. The number of benzene rings is 1. The van der Waals surface area contributed by atoms with E-state index in [4.69, 9.17) is 4.74 Å². The van der Waals surface area contributed by atoms with Crippen molar-refractivity contribution in [2.75, 3.05) is 32.8 Å². The highest BCUT2D eigenvalue weighted by Gasteiger charge is 2.37. The van der Waals surface area contributed by atoms with E-state index in [1.54, 1.807) is 12.1 Å². The van der Waals surface area contributed by atoms with E-state index in [2.05, 4.69) is 10.2 Å². The molecule has 0 bridgehead atoms. The second-order valence-corrected chi connectivity index (χ2v) is 6.25. The normalized spacial score (nSPS) is 18.5. The Bertz CT molecular complexity index is 477. The number of halogens is 2. The van der Waals surface area contributed by atoms with Crippen LogP contribution in [0, 0.1) is 5.41 Å². The number of hydrogen-bond acceptors (Lipinski definition) is 4. The van der Waals surface area contributed by atoms with Crippen LogP contribution < -0.4 is 10.1 Å². The van der Waals surface area contributed by atoms with Gasteiger partial charge in [-0.25, -0.2) is 0 Å². The molecule has 2 rings (SSSR count). The molecule has 0 aromatic heterocycles.